The van der Waals surface area contributed by atoms with Gasteiger partial charge in [-0.1, -0.05) is 171 Å². The van der Waals surface area contributed by atoms with Crippen LogP contribution in [0.5, 0.6) is 0 Å². The third kappa shape index (κ3) is 6.66. The zero-order chi connectivity index (χ0) is 45.7. The molecule has 0 amide bonds. The smallest absolute Gasteiger partial charge is 0.242 e. The van der Waals surface area contributed by atoms with E-state index in [1.807, 2.05) is 0 Å². The van der Waals surface area contributed by atoms with E-state index in [2.05, 4.69) is 228 Å². The van der Waals surface area contributed by atoms with Gasteiger partial charge in [0.1, 0.15) is 0 Å². The van der Waals surface area contributed by atoms with Gasteiger partial charge in [-0.05, 0) is 175 Å². The van der Waals surface area contributed by atoms with Crippen molar-refractivity contribution in [3.05, 3.63) is 226 Å². The Morgan fingerprint density at radius 3 is 1.27 bits per heavy atom. The molecule has 4 aliphatic carbocycles. The number of anilines is 3. The first-order valence-corrected chi connectivity index (χ1v) is 26.5. The molecule has 4 saturated carbocycles. The van der Waals surface area contributed by atoms with Gasteiger partial charge in [-0.25, -0.2) is 0 Å². The largest absolute Gasteiger partial charge is 0.308 e. The zero-order valence-electron chi connectivity index (χ0n) is 40.2. The van der Waals surface area contributed by atoms with E-state index in [1.54, 1.807) is 11.1 Å². The monoisotopic (exact) mass is 887 g/mol. The number of benzene rings is 8. The van der Waals surface area contributed by atoms with E-state index in [-0.39, 0.29) is 17.5 Å². The lowest BCUT2D eigenvalue weighted by atomic mass is 9.34. The topological polar surface area (TPSA) is 3.24 Å². The van der Waals surface area contributed by atoms with Crippen molar-refractivity contribution in [1.29, 1.82) is 0 Å². The highest BCUT2D eigenvalue weighted by Crippen LogP contribution is 2.79. The van der Waals surface area contributed by atoms with Crippen LogP contribution in [0.4, 0.5) is 17.1 Å². The van der Waals surface area contributed by atoms with Gasteiger partial charge < -0.3 is 4.90 Å². The van der Waals surface area contributed by atoms with Crippen LogP contribution in [0, 0.1) is 53.4 Å². The molecular formula is C64H62BNS. The van der Waals surface area contributed by atoms with Crippen LogP contribution in [0.1, 0.15) is 83.0 Å². The summed E-state index contributed by atoms with van der Waals surface area (Å²) < 4.78 is 0. The predicted molar refractivity (Wildman–Crippen MR) is 285 cm³/mol. The van der Waals surface area contributed by atoms with Crippen LogP contribution in [-0.4, -0.2) is 6.71 Å². The second-order valence-electron chi connectivity index (χ2n) is 21.3. The number of para-hydroxylation sites is 2. The normalized spacial score (nSPS) is 22.5. The second kappa shape index (κ2) is 16.1. The van der Waals surface area contributed by atoms with Gasteiger partial charge in [0.05, 0.1) is 11.4 Å². The number of nitrogens with zero attached hydrogens (tertiary/aromatic N) is 1. The first kappa shape index (κ1) is 42.3. The highest BCUT2D eigenvalue weighted by molar-refractivity contribution is 8.34. The minimum atomic E-state index is -1.78. The third-order valence-corrected chi connectivity index (χ3v) is 20.7. The lowest BCUT2D eigenvalue weighted by molar-refractivity contribution is -0.0281. The van der Waals surface area contributed by atoms with Crippen molar-refractivity contribution in [3.8, 4) is 0 Å². The summed E-state index contributed by atoms with van der Waals surface area (Å²) in [6.07, 6.45) is 7.93. The predicted octanol–water partition coefficient (Wildman–Crippen LogP) is 15.0. The first-order valence-electron chi connectivity index (χ1n) is 24.9. The van der Waals surface area contributed by atoms with Crippen LogP contribution in [0.3, 0.4) is 0 Å². The van der Waals surface area contributed by atoms with E-state index in [1.165, 1.54) is 125 Å². The van der Waals surface area contributed by atoms with Crippen LogP contribution in [0.25, 0.3) is 0 Å². The molecule has 1 nitrogen and oxygen atoms in total. The second-order valence-corrected chi connectivity index (χ2v) is 24.3. The Labute approximate surface area is 401 Å². The summed E-state index contributed by atoms with van der Waals surface area (Å²) in [4.78, 5) is 8.08. The number of hydrogen-bond acceptors (Lipinski definition) is 1. The Kier molecular flexibility index (Phi) is 10.1. The summed E-state index contributed by atoms with van der Waals surface area (Å²) in [5.41, 5.74) is 19.9. The number of hydrogen-bond donors (Lipinski definition) is 0. The van der Waals surface area contributed by atoms with Crippen LogP contribution >= 0.6 is 10.0 Å². The highest BCUT2D eigenvalue weighted by atomic mass is 32.3. The fourth-order valence-electron chi connectivity index (χ4n) is 14.9. The average molecular weight is 888 g/mol. The molecule has 0 spiro atoms. The maximum absolute atomic E-state index is 2.57. The van der Waals surface area contributed by atoms with E-state index in [9.17, 15) is 0 Å². The summed E-state index contributed by atoms with van der Waals surface area (Å²) in [7, 11) is -1.78. The summed E-state index contributed by atoms with van der Waals surface area (Å²) in [5, 5.41) is 0. The van der Waals surface area contributed by atoms with Crippen LogP contribution < -0.4 is 21.3 Å². The molecular weight excluding hydrogens is 826 g/mol. The fraction of sp³-hybridized carbons (Fsp3) is 0.250. The van der Waals surface area contributed by atoms with E-state index in [4.69, 9.17) is 0 Å². The molecule has 332 valence electrons. The molecule has 67 heavy (non-hydrogen) atoms. The fourth-order valence-corrected chi connectivity index (χ4v) is 19.1. The van der Waals surface area contributed by atoms with Crippen molar-refractivity contribution in [1.82, 2.24) is 0 Å². The molecule has 0 radical (unpaired) electrons. The minimum Gasteiger partial charge on any atom is -0.308 e. The summed E-state index contributed by atoms with van der Waals surface area (Å²) >= 11 is 0. The van der Waals surface area contributed by atoms with Crippen molar-refractivity contribution in [2.45, 2.75) is 110 Å². The van der Waals surface area contributed by atoms with Gasteiger partial charge in [-0.2, -0.15) is 0 Å². The number of aryl methyl sites for hydroxylation is 6. The highest BCUT2D eigenvalue weighted by Gasteiger charge is 2.58. The molecule has 2 atom stereocenters. The Balaban J connectivity index is 0.912. The van der Waals surface area contributed by atoms with Gasteiger partial charge in [-0.15, -0.1) is 10.0 Å². The maximum atomic E-state index is 2.57. The Morgan fingerprint density at radius 1 is 0.448 bits per heavy atom. The molecule has 8 aromatic carbocycles. The zero-order valence-corrected chi connectivity index (χ0v) is 41.0. The van der Waals surface area contributed by atoms with Gasteiger partial charge in [0.15, 0.2) is 0 Å². The molecule has 1 heterocycles. The Hall–Kier alpha value is -6.03. The van der Waals surface area contributed by atoms with E-state index < -0.39 is 10.0 Å². The Bertz CT molecular complexity index is 2960. The molecule has 0 saturated heterocycles. The molecule has 13 rings (SSSR count). The van der Waals surface area contributed by atoms with Crippen molar-refractivity contribution in [2.24, 2.45) is 11.8 Å². The van der Waals surface area contributed by atoms with Gasteiger partial charge in [0.25, 0.3) is 0 Å². The summed E-state index contributed by atoms with van der Waals surface area (Å²) in [5.74, 6) is 1.55. The molecule has 3 heteroatoms. The SMILES string of the molecule is Cc1cc(C)c(B(c2ccc(C34CC5CC(C3)CC(c3ccc(N6c7ccccc7S(c7ccccc7)(c7ccccc7)c7ccccc76)cc3)(C5)C4)cc2)c2c(C)cc(C)cc2C)c(C)c1. The molecule has 2 unspecified atom stereocenters. The molecule has 0 N–H and O–H groups in total. The molecule has 4 bridgehead atoms. The van der Waals surface area contributed by atoms with Crippen molar-refractivity contribution >= 4 is 50.2 Å². The number of fused-ring (bicyclic) bond motifs is 2. The standard InChI is InChI=1S/C64H62BNS/c1-43-33-45(3)61(46(4)34-43)65(62-47(5)35-44(2)36-48(62)6)53-29-25-51(26-30-53)63-38-49-37-50(39-63)41-64(40-49,42-63)52-27-31-54(32-28-52)66-57-21-13-15-23-59(57)67(55-17-9-7-10-18-55,56-19-11-8-12-20-56)60-24-16-14-22-58(60)66/h7-36,49-50H,37-42H2,1-6H3. The summed E-state index contributed by atoms with van der Waals surface area (Å²) in [6.45, 7) is 14.0. The van der Waals surface area contributed by atoms with E-state index in [0.717, 1.165) is 11.8 Å². The minimum absolute atomic E-state index is 0.199. The lowest BCUT2D eigenvalue weighted by Crippen LogP contribution is -2.57. The first-order chi connectivity index (χ1) is 32.6. The lowest BCUT2D eigenvalue weighted by Gasteiger charge is -2.63. The van der Waals surface area contributed by atoms with Crippen molar-refractivity contribution in [3.63, 3.8) is 0 Å². The molecule has 8 aromatic rings. The average Bonchev–Trinajstić information content (AvgIpc) is 3.32. The van der Waals surface area contributed by atoms with Gasteiger partial charge in [0, 0.05) is 25.3 Å². The Morgan fingerprint density at radius 2 is 0.836 bits per heavy atom. The van der Waals surface area contributed by atoms with Crippen molar-refractivity contribution in [2.75, 3.05) is 4.90 Å². The maximum Gasteiger partial charge on any atom is 0.242 e. The quantitative estimate of drug-likeness (QED) is 0.137. The van der Waals surface area contributed by atoms with Gasteiger partial charge >= 0.3 is 0 Å². The third-order valence-electron chi connectivity index (χ3n) is 16.8. The molecule has 5 aliphatic rings. The van der Waals surface area contributed by atoms with E-state index in [0.29, 0.717) is 0 Å². The van der Waals surface area contributed by atoms with Crippen LogP contribution in [-0.2, 0) is 10.8 Å². The van der Waals surface area contributed by atoms with Crippen LogP contribution in [0.15, 0.2) is 202 Å². The number of rotatable bonds is 8. The van der Waals surface area contributed by atoms with E-state index >= 15 is 0 Å². The van der Waals surface area contributed by atoms with Gasteiger partial charge in [0.2, 0.25) is 6.71 Å². The molecule has 1 aliphatic heterocycles. The summed E-state index contributed by atoms with van der Waals surface area (Å²) in [6, 6.07) is 70.7. The van der Waals surface area contributed by atoms with Gasteiger partial charge in [-0.3, -0.25) is 0 Å². The molecule has 0 aromatic heterocycles. The molecule has 4 fully saturated rings. The van der Waals surface area contributed by atoms with Crippen molar-refractivity contribution < 1.29 is 0 Å². The van der Waals surface area contributed by atoms with Crippen LogP contribution in [0.2, 0.25) is 0 Å².